The van der Waals surface area contributed by atoms with Gasteiger partial charge in [0.05, 0.1) is 6.61 Å². The van der Waals surface area contributed by atoms with E-state index >= 15 is 0 Å². The van der Waals surface area contributed by atoms with Crippen LogP contribution >= 0.6 is 12.4 Å². The zero-order chi connectivity index (χ0) is 12.4. The van der Waals surface area contributed by atoms with E-state index in [1.54, 1.807) is 12.4 Å². The molecule has 0 aromatic carbocycles. The Labute approximate surface area is 119 Å². The summed E-state index contributed by atoms with van der Waals surface area (Å²) in [6, 6.07) is 2.25. The van der Waals surface area contributed by atoms with Crippen LogP contribution in [0.15, 0.2) is 18.5 Å². The number of aromatic nitrogens is 2. The SMILES string of the molecule is Cl.OCCN1C[C@H](Nc2ncccn2)[C@@H](C2CC2)C1. The van der Waals surface area contributed by atoms with Crippen molar-refractivity contribution >= 4 is 18.4 Å². The summed E-state index contributed by atoms with van der Waals surface area (Å²) in [5.74, 6) is 2.26. The molecule has 19 heavy (non-hydrogen) atoms. The maximum Gasteiger partial charge on any atom is 0.222 e. The molecule has 0 bridgehead atoms. The molecule has 6 heteroatoms. The van der Waals surface area contributed by atoms with Crippen LogP contribution in [0.3, 0.4) is 0 Å². The first-order valence-electron chi connectivity index (χ1n) is 6.73. The maximum atomic E-state index is 9.06. The average Bonchev–Trinajstić information content (AvgIpc) is 3.15. The fourth-order valence-corrected chi connectivity index (χ4v) is 2.93. The van der Waals surface area contributed by atoms with Crippen molar-refractivity contribution in [2.45, 2.75) is 18.9 Å². The third kappa shape index (κ3) is 3.55. The van der Waals surface area contributed by atoms with Crippen LogP contribution in [-0.2, 0) is 0 Å². The first kappa shape index (κ1) is 14.5. The van der Waals surface area contributed by atoms with Crippen molar-refractivity contribution in [3.05, 3.63) is 18.5 Å². The van der Waals surface area contributed by atoms with Gasteiger partial charge in [-0.15, -0.1) is 12.4 Å². The molecule has 0 unspecified atom stereocenters. The maximum absolute atomic E-state index is 9.06. The Kier molecular flexibility index (Phi) is 4.96. The van der Waals surface area contributed by atoms with E-state index in [1.165, 1.54) is 12.8 Å². The lowest BCUT2D eigenvalue weighted by atomic mass is 9.98. The lowest BCUT2D eigenvalue weighted by molar-refractivity contribution is 0.215. The van der Waals surface area contributed by atoms with Crippen LogP contribution in [-0.4, -0.2) is 52.3 Å². The first-order valence-corrected chi connectivity index (χ1v) is 6.73. The topological polar surface area (TPSA) is 61.3 Å². The van der Waals surface area contributed by atoms with Gasteiger partial charge in [-0.3, -0.25) is 4.90 Å². The smallest absolute Gasteiger partial charge is 0.222 e. The Morgan fingerprint density at radius 3 is 2.63 bits per heavy atom. The number of halogens is 1. The fourth-order valence-electron chi connectivity index (χ4n) is 2.93. The second kappa shape index (κ2) is 6.50. The molecule has 2 N–H and O–H groups in total. The molecule has 2 aliphatic rings. The van der Waals surface area contributed by atoms with Gasteiger partial charge in [-0.1, -0.05) is 0 Å². The summed E-state index contributed by atoms with van der Waals surface area (Å²) in [7, 11) is 0. The molecule has 1 aromatic heterocycles. The van der Waals surface area contributed by atoms with Crippen LogP contribution in [0, 0.1) is 11.8 Å². The summed E-state index contributed by atoms with van der Waals surface area (Å²) >= 11 is 0. The molecule has 0 amide bonds. The predicted molar refractivity (Wildman–Crippen MR) is 76.4 cm³/mol. The van der Waals surface area contributed by atoms with Gasteiger partial charge >= 0.3 is 0 Å². The van der Waals surface area contributed by atoms with Crippen LogP contribution in [0.4, 0.5) is 5.95 Å². The van der Waals surface area contributed by atoms with E-state index in [2.05, 4.69) is 20.2 Å². The van der Waals surface area contributed by atoms with E-state index < -0.39 is 0 Å². The van der Waals surface area contributed by atoms with Crippen molar-refractivity contribution in [2.75, 3.05) is 31.6 Å². The highest BCUT2D eigenvalue weighted by atomic mass is 35.5. The van der Waals surface area contributed by atoms with Crippen LogP contribution in [0.25, 0.3) is 0 Å². The highest BCUT2D eigenvalue weighted by molar-refractivity contribution is 5.85. The van der Waals surface area contributed by atoms with Gasteiger partial charge in [0.15, 0.2) is 0 Å². The summed E-state index contributed by atoms with van der Waals surface area (Å²) in [4.78, 5) is 10.8. The molecule has 0 spiro atoms. The van der Waals surface area contributed by atoms with E-state index in [4.69, 9.17) is 5.11 Å². The Morgan fingerprint density at radius 2 is 2.00 bits per heavy atom. The third-order valence-corrected chi connectivity index (χ3v) is 3.96. The number of β-amino-alcohol motifs (C(OH)–C–C–N with tert-alkyl or cyclic N) is 1. The van der Waals surface area contributed by atoms with Crippen molar-refractivity contribution < 1.29 is 5.11 Å². The number of likely N-dealkylation sites (tertiary alicyclic amines) is 1. The molecule has 1 aliphatic carbocycles. The summed E-state index contributed by atoms with van der Waals surface area (Å²) in [5.41, 5.74) is 0. The fraction of sp³-hybridized carbons (Fsp3) is 0.692. The molecule has 106 valence electrons. The van der Waals surface area contributed by atoms with E-state index in [-0.39, 0.29) is 19.0 Å². The lowest BCUT2D eigenvalue weighted by Gasteiger charge is -2.19. The zero-order valence-corrected chi connectivity index (χ0v) is 11.7. The van der Waals surface area contributed by atoms with Crippen LogP contribution in [0.2, 0.25) is 0 Å². The first-order chi connectivity index (χ1) is 8.86. The van der Waals surface area contributed by atoms with Gasteiger partial charge in [0, 0.05) is 38.1 Å². The van der Waals surface area contributed by atoms with Crippen molar-refractivity contribution in [3.8, 4) is 0 Å². The number of anilines is 1. The second-order valence-corrected chi connectivity index (χ2v) is 5.31. The molecule has 2 atom stereocenters. The van der Waals surface area contributed by atoms with Crippen LogP contribution in [0.5, 0.6) is 0 Å². The van der Waals surface area contributed by atoms with E-state index in [0.29, 0.717) is 12.0 Å². The molecule has 2 heterocycles. The second-order valence-electron chi connectivity index (χ2n) is 5.31. The largest absolute Gasteiger partial charge is 0.395 e. The monoisotopic (exact) mass is 284 g/mol. The Morgan fingerprint density at radius 1 is 1.26 bits per heavy atom. The molecule has 5 nitrogen and oxygen atoms in total. The van der Waals surface area contributed by atoms with Gasteiger partial charge in [0.25, 0.3) is 0 Å². The summed E-state index contributed by atoms with van der Waals surface area (Å²) in [6.45, 7) is 3.10. The normalized spacial score (nSPS) is 27.0. The van der Waals surface area contributed by atoms with Crippen molar-refractivity contribution in [1.29, 1.82) is 0 Å². The minimum absolute atomic E-state index is 0. The highest BCUT2D eigenvalue weighted by Gasteiger charge is 2.42. The van der Waals surface area contributed by atoms with Crippen molar-refractivity contribution in [3.63, 3.8) is 0 Å². The number of hydrogen-bond acceptors (Lipinski definition) is 5. The third-order valence-electron chi connectivity index (χ3n) is 3.96. The molecule has 1 aliphatic heterocycles. The average molecular weight is 285 g/mol. The lowest BCUT2D eigenvalue weighted by Crippen LogP contribution is -2.31. The summed E-state index contributed by atoms with van der Waals surface area (Å²) < 4.78 is 0. The Bertz CT molecular complexity index is 387. The zero-order valence-electron chi connectivity index (χ0n) is 10.9. The van der Waals surface area contributed by atoms with Crippen LogP contribution < -0.4 is 5.32 Å². The van der Waals surface area contributed by atoms with Crippen molar-refractivity contribution in [1.82, 2.24) is 14.9 Å². The van der Waals surface area contributed by atoms with E-state index in [1.807, 2.05) is 6.07 Å². The molecular formula is C13H21ClN4O. The standard InChI is InChI=1S/C13H20N4O.ClH/c18-7-6-17-8-11(10-2-3-10)12(9-17)16-13-14-4-1-5-15-13;/h1,4-5,10-12,18H,2-3,6-9H2,(H,14,15,16);1H/t11-,12+;/m1./s1. The van der Waals surface area contributed by atoms with Crippen LogP contribution in [0.1, 0.15) is 12.8 Å². The Balaban J connectivity index is 0.00000133. The van der Waals surface area contributed by atoms with Gasteiger partial charge in [0.1, 0.15) is 0 Å². The number of aliphatic hydroxyl groups excluding tert-OH is 1. The molecule has 1 saturated heterocycles. The quantitative estimate of drug-likeness (QED) is 0.845. The Hall–Kier alpha value is -0.910. The minimum atomic E-state index is 0. The van der Waals surface area contributed by atoms with Gasteiger partial charge < -0.3 is 10.4 Å². The predicted octanol–water partition coefficient (Wildman–Crippen LogP) is 1.01. The number of nitrogens with one attached hydrogen (secondary N) is 1. The van der Waals surface area contributed by atoms with E-state index in [9.17, 15) is 0 Å². The number of hydrogen-bond donors (Lipinski definition) is 2. The molecule has 0 radical (unpaired) electrons. The highest BCUT2D eigenvalue weighted by Crippen LogP contribution is 2.41. The van der Waals surface area contributed by atoms with Gasteiger partial charge in [0.2, 0.25) is 5.95 Å². The minimum Gasteiger partial charge on any atom is -0.395 e. The van der Waals surface area contributed by atoms with Crippen molar-refractivity contribution in [2.24, 2.45) is 11.8 Å². The van der Waals surface area contributed by atoms with E-state index in [0.717, 1.165) is 31.5 Å². The molecule has 3 rings (SSSR count). The van der Waals surface area contributed by atoms with Gasteiger partial charge in [-0.25, -0.2) is 9.97 Å². The van der Waals surface area contributed by atoms with Gasteiger partial charge in [-0.2, -0.15) is 0 Å². The molecule has 2 fully saturated rings. The molecule has 1 saturated carbocycles. The molecular weight excluding hydrogens is 264 g/mol. The number of aliphatic hydroxyl groups is 1. The summed E-state index contributed by atoms with van der Waals surface area (Å²) in [6.07, 6.45) is 6.24. The molecule has 1 aromatic rings. The summed E-state index contributed by atoms with van der Waals surface area (Å²) in [5, 5.41) is 12.5. The number of rotatable bonds is 5. The van der Waals surface area contributed by atoms with Gasteiger partial charge in [-0.05, 0) is 30.7 Å². The number of nitrogens with zero attached hydrogens (tertiary/aromatic N) is 3.